The maximum Gasteiger partial charge on any atom is 0.227 e. The van der Waals surface area contributed by atoms with Crippen molar-refractivity contribution in [1.82, 2.24) is 0 Å². The predicted octanol–water partition coefficient (Wildman–Crippen LogP) is 3.47. The maximum absolute atomic E-state index is 11.9. The molecule has 1 saturated heterocycles. The first-order valence-electron chi connectivity index (χ1n) is 5.52. The molecule has 1 unspecified atom stereocenters. The highest BCUT2D eigenvalue weighted by Gasteiger charge is 2.32. The second-order valence-corrected chi connectivity index (χ2v) is 5.53. The molecule has 1 atom stereocenters. The van der Waals surface area contributed by atoms with Crippen molar-refractivity contribution < 1.29 is 9.90 Å². The fourth-order valence-corrected chi connectivity index (χ4v) is 2.84. The Bertz CT molecular complexity index is 574. The van der Waals surface area contributed by atoms with E-state index in [0.717, 1.165) is 0 Å². The number of carbonyl (C=O) groups is 1. The van der Waals surface area contributed by atoms with Crippen LogP contribution in [0.5, 0.6) is 5.75 Å². The molecule has 100 valence electrons. The van der Waals surface area contributed by atoms with Crippen LogP contribution in [0.2, 0.25) is 5.02 Å². The van der Waals surface area contributed by atoms with Crippen LogP contribution >= 0.6 is 27.5 Å². The first-order valence-corrected chi connectivity index (χ1v) is 6.69. The number of phenolic OH excluding ortho intramolecular Hbond substituents is 1. The molecule has 1 aromatic rings. The lowest BCUT2D eigenvalue weighted by atomic mass is 10.1. The first kappa shape index (κ1) is 14.0. The molecule has 1 heterocycles. The number of amides is 1. The van der Waals surface area contributed by atoms with Crippen molar-refractivity contribution in [2.24, 2.45) is 11.0 Å². The average molecular weight is 346 g/mol. The van der Waals surface area contributed by atoms with Crippen LogP contribution in [0.25, 0.3) is 10.4 Å². The smallest absolute Gasteiger partial charge is 0.227 e. The fraction of sp³-hybridized carbons (Fsp3) is 0.364. The van der Waals surface area contributed by atoms with Crippen LogP contribution in [0.3, 0.4) is 0 Å². The van der Waals surface area contributed by atoms with Gasteiger partial charge in [0.25, 0.3) is 0 Å². The van der Waals surface area contributed by atoms with Gasteiger partial charge in [0.1, 0.15) is 0 Å². The number of anilines is 1. The number of carbonyl (C=O) groups excluding carboxylic acids is 1. The van der Waals surface area contributed by atoms with Gasteiger partial charge in [-0.25, -0.2) is 0 Å². The molecule has 0 spiro atoms. The number of aromatic hydroxyl groups is 1. The quantitative estimate of drug-likeness (QED) is 0.516. The number of rotatable bonds is 3. The molecule has 0 bridgehead atoms. The van der Waals surface area contributed by atoms with Crippen LogP contribution in [0.4, 0.5) is 5.69 Å². The molecular formula is C11H10BrClN4O2. The second kappa shape index (κ2) is 5.69. The number of nitrogens with zero attached hydrogens (tertiary/aromatic N) is 4. The van der Waals surface area contributed by atoms with Crippen LogP contribution in [-0.2, 0) is 4.79 Å². The van der Waals surface area contributed by atoms with Gasteiger partial charge in [0.2, 0.25) is 5.91 Å². The molecule has 0 radical (unpaired) electrons. The maximum atomic E-state index is 11.9. The van der Waals surface area contributed by atoms with Gasteiger partial charge in [0, 0.05) is 29.4 Å². The van der Waals surface area contributed by atoms with Crippen molar-refractivity contribution in [2.75, 3.05) is 18.0 Å². The van der Waals surface area contributed by atoms with Crippen LogP contribution in [0, 0.1) is 5.92 Å². The summed E-state index contributed by atoms with van der Waals surface area (Å²) in [4.78, 5) is 16.1. The lowest BCUT2D eigenvalue weighted by Crippen LogP contribution is -2.24. The van der Waals surface area contributed by atoms with Gasteiger partial charge < -0.3 is 10.0 Å². The molecule has 0 aliphatic carbocycles. The average Bonchev–Trinajstić information content (AvgIpc) is 2.72. The molecule has 6 nitrogen and oxygen atoms in total. The van der Waals surface area contributed by atoms with Gasteiger partial charge in [0.05, 0.1) is 10.2 Å². The molecule has 0 saturated carbocycles. The highest BCUT2D eigenvalue weighted by molar-refractivity contribution is 9.10. The van der Waals surface area contributed by atoms with E-state index >= 15 is 0 Å². The number of hydrogen-bond acceptors (Lipinski definition) is 3. The normalized spacial score (nSPS) is 18.5. The lowest BCUT2D eigenvalue weighted by Gasteiger charge is -2.19. The summed E-state index contributed by atoms with van der Waals surface area (Å²) >= 11 is 9.10. The van der Waals surface area contributed by atoms with Gasteiger partial charge in [-0.3, -0.25) is 4.79 Å². The zero-order chi connectivity index (χ0) is 14.0. The Balaban J connectivity index is 2.28. The number of azide groups is 1. The minimum atomic E-state index is -0.123. The summed E-state index contributed by atoms with van der Waals surface area (Å²) < 4.78 is 0.432. The molecule has 2 rings (SSSR count). The topological polar surface area (TPSA) is 89.3 Å². The Hall–Kier alpha value is -1.43. The largest absolute Gasteiger partial charge is 0.505 e. The molecule has 1 aliphatic heterocycles. The van der Waals surface area contributed by atoms with Gasteiger partial charge in [-0.2, -0.15) is 0 Å². The number of benzene rings is 1. The van der Waals surface area contributed by atoms with Crippen molar-refractivity contribution in [1.29, 1.82) is 0 Å². The van der Waals surface area contributed by atoms with E-state index in [2.05, 4.69) is 26.0 Å². The Morgan fingerprint density at radius 2 is 2.37 bits per heavy atom. The summed E-state index contributed by atoms with van der Waals surface area (Å²) in [5, 5.41) is 13.9. The van der Waals surface area contributed by atoms with Crippen molar-refractivity contribution in [3.63, 3.8) is 0 Å². The minimum Gasteiger partial charge on any atom is -0.505 e. The van der Waals surface area contributed by atoms with E-state index < -0.39 is 0 Å². The summed E-state index contributed by atoms with van der Waals surface area (Å²) in [6.07, 6.45) is 0.294. The summed E-state index contributed by atoms with van der Waals surface area (Å²) in [6.45, 7) is 0.666. The van der Waals surface area contributed by atoms with Gasteiger partial charge in [-0.05, 0) is 39.5 Å². The minimum absolute atomic E-state index is 0.0258. The van der Waals surface area contributed by atoms with Crippen LogP contribution in [-0.4, -0.2) is 24.1 Å². The van der Waals surface area contributed by atoms with Crippen molar-refractivity contribution in [3.8, 4) is 5.75 Å². The van der Waals surface area contributed by atoms with E-state index in [1.807, 2.05) is 0 Å². The monoisotopic (exact) mass is 344 g/mol. The standard InChI is InChI=1S/C11H10BrClN4O2/c12-8-2-7(13)3-9(11(8)19)17-5-6(1-10(17)18)4-15-16-14/h2-3,6,19H,1,4-5H2. The van der Waals surface area contributed by atoms with E-state index in [1.54, 1.807) is 6.07 Å². The van der Waals surface area contributed by atoms with E-state index in [-0.39, 0.29) is 24.1 Å². The van der Waals surface area contributed by atoms with Crippen LogP contribution in [0.15, 0.2) is 21.7 Å². The van der Waals surface area contributed by atoms with E-state index in [4.69, 9.17) is 17.1 Å². The van der Waals surface area contributed by atoms with Crippen molar-refractivity contribution in [2.45, 2.75) is 6.42 Å². The fourth-order valence-electron chi connectivity index (χ4n) is 2.05. The molecule has 8 heteroatoms. The zero-order valence-electron chi connectivity index (χ0n) is 9.75. The Morgan fingerprint density at radius 3 is 3.05 bits per heavy atom. The molecular weight excluding hydrogens is 336 g/mol. The summed E-state index contributed by atoms with van der Waals surface area (Å²) in [5.74, 6) is -0.189. The summed E-state index contributed by atoms with van der Waals surface area (Å²) in [6, 6.07) is 3.09. The van der Waals surface area contributed by atoms with Crippen LogP contribution < -0.4 is 4.90 Å². The Labute approximate surface area is 122 Å². The number of hydrogen-bond donors (Lipinski definition) is 1. The summed E-state index contributed by atoms with van der Waals surface area (Å²) in [7, 11) is 0. The number of halogens is 2. The zero-order valence-corrected chi connectivity index (χ0v) is 12.1. The molecule has 0 aromatic heterocycles. The third kappa shape index (κ3) is 2.94. The Kier molecular flexibility index (Phi) is 4.19. The van der Waals surface area contributed by atoms with Crippen LogP contribution in [0.1, 0.15) is 6.42 Å². The molecule has 1 N–H and O–H groups in total. The van der Waals surface area contributed by atoms with Crippen molar-refractivity contribution in [3.05, 3.63) is 32.1 Å². The van der Waals surface area contributed by atoms with Gasteiger partial charge in [-0.1, -0.05) is 16.7 Å². The number of phenols is 1. The molecule has 1 fully saturated rings. The SMILES string of the molecule is [N-]=[N+]=NCC1CC(=O)N(c2cc(Cl)cc(Br)c2O)C1. The Morgan fingerprint density at radius 1 is 1.63 bits per heavy atom. The second-order valence-electron chi connectivity index (χ2n) is 4.24. The van der Waals surface area contributed by atoms with E-state index in [1.165, 1.54) is 11.0 Å². The van der Waals surface area contributed by atoms with Crippen molar-refractivity contribution >= 4 is 39.1 Å². The van der Waals surface area contributed by atoms with E-state index in [0.29, 0.717) is 28.1 Å². The third-order valence-electron chi connectivity index (χ3n) is 2.91. The van der Waals surface area contributed by atoms with Gasteiger partial charge in [-0.15, -0.1) is 0 Å². The highest BCUT2D eigenvalue weighted by Crippen LogP contribution is 2.39. The highest BCUT2D eigenvalue weighted by atomic mass is 79.9. The predicted molar refractivity (Wildman–Crippen MR) is 75.3 cm³/mol. The molecule has 19 heavy (non-hydrogen) atoms. The van der Waals surface area contributed by atoms with E-state index in [9.17, 15) is 9.90 Å². The third-order valence-corrected chi connectivity index (χ3v) is 3.73. The molecule has 1 aliphatic rings. The first-order chi connectivity index (χ1) is 9.02. The summed E-state index contributed by atoms with van der Waals surface area (Å²) in [5.41, 5.74) is 8.66. The molecule has 1 amide bonds. The van der Waals surface area contributed by atoms with Gasteiger partial charge >= 0.3 is 0 Å². The molecule has 1 aromatic carbocycles. The lowest BCUT2D eigenvalue weighted by molar-refractivity contribution is -0.117. The van der Waals surface area contributed by atoms with Gasteiger partial charge in [0.15, 0.2) is 5.75 Å².